The summed E-state index contributed by atoms with van der Waals surface area (Å²) >= 11 is 0. The summed E-state index contributed by atoms with van der Waals surface area (Å²) in [6.07, 6.45) is 0.613. The topological polar surface area (TPSA) is 54.7 Å². The van der Waals surface area contributed by atoms with Gasteiger partial charge in [0.05, 0.1) is 6.54 Å². The van der Waals surface area contributed by atoms with Gasteiger partial charge in [-0.15, -0.1) is 0 Å². The van der Waals surface area contributed by atoms with Gasteiger partial charge in [-0.3, -0.25) is 4.90 Å². The lowest BCUT2D eigenvalue weighted by atomic mass is 9.95. The van der Waals surface area contributed by atoms with Crippen LogP contribution in [-0.4, -0.2) is 30.2 Å². The van der Waals surface area contributed by atoms with Crippen LogP contribution in [0.3, 0.4) is 0 Å². The predicted molar refractivity (Wildman–Crippen MR) is 151 cm³/mol. The largest absolute Gasteiger partial charge is 0.459 e. The normalized spacial score (nSPS) is 12.6. The fourth-order valence-electron chi connectivity index (χ4n) is 4.53. The van der Waals surface area contributed by atoms with Crippen LogP contribution >= 0.6 is 0 Å². The van der Waals surface area contributed by atoms with E-state index in [4.69, 9.17) is 9.15 Å². The van der Waals surface area contributed by atoms with Crippen LogP contribution in [0.1, 0.15) is 58.4 Å². The highest BCUT2D eigenvalue weighted by Crippen LogP contribution is 2.36. The summed E-state index contributed by atoms with van der Waals surface area (Å²) in [4.78, 5) is 14.5. The lowest BCUT2D eigenvalue weighted by Gasteiger charge is -2.24. The van der Waals surface area contributed by atoms with Gasteiger partial charge in [0.1, 0.15) is 22.8 Å². The summed E-state index contributed by atoms with van der Waals surface area (Å²) in [5, 5.41) is 3.66. The van der Waals surface area contributed by atoms with Crippen LogP contribution in [0.5, 0.6) is 0 Å². The summed E-state index contributed by atoms with van der Waals surface area (Å²) in [5.74, 6) is 0.315. The zero-order chi connectivity index (χ0) is 27.4. The van der Waals surface area contributed by atoms with Crippen LogP contribution in [0.25, 0.3) is 33.2 Å². The minimum Gasteiger partial charge on any atom is -0.459 e. The van der Waals surface area contributed by atoms with Crippen LogP contribution in [0.4, 0.5) is 9.18 Å². The number of ether oxygens (including phenoxy) is 1. The van der Waals surface area contributed by atoms with Crippen molar-refractivity contribution < 1.29 is 18.3 Å². The number of carbonyl (C=O) groups is 1. The van der Waals surface area contributed by atoms with Crippen molar-refractivity contribution in [1.29, 1.82) is 0 Å². The number of nitrogens with zero attached hydrogens (tertiary/aromatic N) is 1. The van der Waals surface area contributed by atoms with Crippen molar-refractivity contribution in [3.8, 4) is 22.3 Å². The lowest BCUT2D eigenvalue weighted by molar-refractivity contribution is 0.0520. The number of alkyl carbamates (subject to hydrolysis) is 1. The molecule has 0 aliphatic rings. The van der Waals surface area contributed by atoms with E-state index < -0.39 is 11.7 Å². The molecule has 1 N–H and O–H groups in total. The van der Waals surface area contributed by atoms with E-state index in [0.29, 0.717) is 17.4 Å². The number of furan rings is 1. The zero-order valence-corrected chi connectivity index (χ0v) is 23.1. The second kappa shape index (κ2) is 11.4. The summed E-state index contributed by atoms with van der Waals surface area (Å²) in [7, 11) is 2.15. The van der Waals surface area contributed by atoms with Gasteiger partial charge < -0.3 is 14.5 Å². The number of nitrogens with one attached hydrogen (secondary N) is 1. The smallest absolute Gasteiger partial charge is 0.408 e. The van der Waals surface area contributed by atoms with Crippen LogP contribution in [-0.2, 0) is 11.3 Å². The van der Waals surface area contributed by atoms with Gasteiger partial charge in [0.15, 0.2) is 0 Å². The van der Waals surface area contributed by atoms with Crippen LogP contribution in [0.15, 0.2) is 71.1 Å². The molecule has 0 saturated heterocycles. The fraction of sp³-hybridized carbons (Fsp3) is 0.344. The molecule has 1 atom stereocenters. The molecule has 3 aromatic carbocycles. The van der Waals surface area contributed by atoms with Crippen molar-refractivity contribution in [3.63, 3.8) is 0 Å². The molecule has 1 heterocycles. The maximum atomic E-state index is 13.7. The fourth-order valence-corrected chi connectivity index (χ4v) is 4.53. The molecular formula is C32H37FN2O3. The number of hydrogen-bond acceptors (Lipinski definition) is 4. The lowest BCUT2D eigenvalue weighted by Crippen LogP contribution is -2.32. The Hall–Kier alpha value is -3.64. The Morgan fingerprint density at radius 1 is 1.00 bits per heavy atom. The van der Waals surface area contributed by atoms with E-state index in [0.717, 1.165) is 40.6 Å². The number of benzene rings is 3. The van der Waals surface area contributed by atoms with Crippen molar-refractivity contribution in [1.82, 2.24) is 10.2 Å². The van der Waals surface area contributed by atoms with E-state index >= 15 is 0 Å². The third-order valence-corrected chi connectivity index (χ3v) is 6.59. The van der Waals surface area contributed by atoms with E-state index in [1.165, 1.54) is 17.7 Å². The van der Waals surface area contributed by atoms with E-state index in [-0.39, 0.29) is 12.4 Å². The second-order valence-corrected chi connectivity index (χ2v) is 10.8. The number of carbonyl (C=O) groups excluding carboxylic acids is 1. The Morgan fingerprint density at radius 2 is 1.66 bits per heavy atom. The predicted octanol–water partition coefficient (Wildman–Crippen LogP) is 8.33. The van der Waals surface area contributed by atoms with Gasteiger partial charge in [-0.05, 0) is 100 Å². The summed E-state index contributed by atoms with van der Waals surface area (Å²) in [5.41, 5.74) is 5.20. The first kappa shape index (κ1) is 27.4. The molecule has 0 aliphatic carbocycles. The monoisotopic (exact) mass is 516 g/mol. The second-order valence-electron chi connectivity index (χ2n) is 10.8. The highest BCUT2D eigenvalue weighted by Gasteiger charge is 2.18. The van der Waals surface area contributed by atoms with Crippen molar-refractivity contribution in [2.45, 2.75) is 59.2 Å². The minimum absolute atomic E-state index is 0.194. The minimum atomic E-state index is -0.582. The molecule has 0 aliphatic heterocycles. The number of halogens is 1. The third-order valence-electron chi connectivity index (χ3n) is 6.59. The van der Waals surface area contributed by atoms with E-state index in [2.05, 4.69) is 67.5 Å². The van der Waals surface area contributed by atoms with Gasteiger partial charge in [0.25, 0.3) is 0 Å². The molecule has 0 bridgehead atoms. The van der Waals surface area contributed by atoms with E-state index in [9.17, 15) is 9.18 Å². The summed E-state index contributed by atoms with van der Waals surface area (Å²) in [6, 6.07) is 21.5. The first-order valence-electron chi connectivity index (χ1n) is 13.1. The van der Waals surface area contributed by atoms with Gasteiger partial charge >= 0.3 is 6.09 Å². The Bertz CT molecular complexity index is 1390. The number of fused-ring (bicyclic) bond motifs is 1. The summed E-state index contributed by atoms with van der Waals surface area (Å²) < 4.78 is 25.2. The van der Waals surface area contributed by atoms with Gasteiger partial charge in [-0.25, -0.2) is 9.18 Å². The van der Waals surface area contributed by atoms with Gasteiger partial charge in [0, 0.05) is 17.0 Å². The molecule has 38 heavy (non-hydrogen) atoms. The van der Waals surface area contributed by atoms with Crippen molar-refractivity contribution in [2.24, 2.45) is 0 Å². The number of amides is 1. The highest BCUT2D eigenvalue weighted by atomic mass is 19.1. The Labute approximate surface area is 224 Å². The Kier molecular flexibility index (Phi) is 8.22. The number of hydrogen-bond donors (Lipinski definition) is 1. The summed E-state index contributed by atoms with van der Waals surface area (Å²) in [6.45, 7) is 11.1. The number of rotatable bonds is 8. The molecule has 0 saturated carbocycles. The van der Waals surface area contributed by atoms with Crippen molar-refractivity contribution >= 4 is 17.1 Å². The van der Waals surface area contributed by atoms with Crippen molar-refractivity contribution in [3.05, 3.63) is 83.9 Å². The molecule has 0 spiro atoms. The van der Waals surface area contributed by atoms with Gasteiger partial charge in [0.2, 0.25) is 0 Å². The quantitative estimate of drug-likeness (QED) is 0.256. The van der Waals surface area contributed by atoms with Gasteiger partial charge in [-0.1, -0.05) is 43.3 Å². The standard InChI is InChI=1S/C32H37FN2O3/c1-7-16-35(6)21(2)22-8-10-23(11-9-22)25-17-26-18-28(20-34-31(36)38-32(3,4)5)37-30(26)29(19-25)24-12-14-27(33)15-13-24/h8-15,17-19,21H,7,16,20H2,1-6H3,(H,34,36). The average Bonchev–Trinajstić information content (AvgIpc) is 3.29. The molecule has 200 valence electrons. The van der Waals surface area contributed by atoms with E-state index in [1.54, 1.807) is 12.1 Å². The maximum Gasteiger partial charge on any atom is 0.408 e. The highest BCUT2D eigenvalue weighted by molar-refractivity contribution is 5.97. The molecule has 1 unspecified atom stereocenters. The average molecular weight is 517 g/mol. The molecule has 5 nitrogen and oxygen atoms in total. The third kappa shape index (κ3) is 6.62. The molecule has 6 heteroatoms. The Balaban J connectivity index is 1.69. The molecule has 1 amide bonds. The van der Waals surface area contributed by atoms with Gasteiger partial charge in [-0.2, -0.15) is 0 Å². The molecular weight excluding hydrogens is 479 g/mol. The zero-order valence-electron chi connectivity index (χ0n) is 23.1. The molecule has 0 fully saturated rings. The SMILES string of the molecule is CCCN(C)C(C)c1ccc(-c2cc(-c3ccc(F)cc3)c3oc(CNC(=O)OC(C)(C)C)cc3c2)cc1. The van der Waals surface area contributed by atoms with Crippen molar-refractivity contribution in [2.75, 3.05) is 13.6 Å². The first-order chi connectivity index (χ1) is 18.0. The Morgan fingerprint density at radius 3 is 2.29 bits per heavy atom. The molecule has 0 radical (unpaired) electrons. The first-order valence-corrected chi connectivity index (χ1v) is 13.1. The van der Waals surface area contributed by atoms with Crippen LogP contribution < -0.4 is 5.32 Å². The van der Waals surface area contributed by atoms with E-state index in [1.807, 2.05) is 26.8 Å². The molecule has 1 aromatic heterocycles. The maximum absolute atomic E-state index is 13.7. The van der Waals surface area contributed by atoms with Crippen LogP contribution in [0.2, 0.25) is 0 Å². The molecule has 4 aromatic rings. The van der Waals surface area contributed by atoms with Crippen LogP contribution in [0, 0.1) is 5.82 Å². The molecule has 4 rings (SSSR count).